The first-order valence-electron chi connectivity index (χ1n) is 8.26. The molecule has 1 amide bonds. The largest absolute Gasteiger partial charge is 0.492 e. The lowest BCUT2D eigenvalue weighted by Crippen LogP contribution is -2.32. The summed E-state index contributed by atoms with van der Waals surface area (Å²) in [7, 11) is 0. The van der Waals surface area contributed by atoms with Crippen LogP contribution in [0.25, 0.3) is 0 Å². The Morgan fingerprint density at radius 1 is 0.958 bits per heavy atom. The number of benzene rings is 2. The molecule has 0 aliphatic rings. The van der Waals surface area contributed by atoms with E-state index in [1.165, 1.54) is 5.56 Å². The zero-order chi connectivity index (χ0) is 17.4. The molecule has 0 radical (unpaired) electrons. The van der Waals surface area contributed by atoms with Gasteiger partial charge in [0.2, 0.25) is 0 Å². The number of nitrogens with one attached hydrogen (secondary N) is 1. The van der Waals surface area contributed by atoms with Gasteiger partial charge in [-0.1, -0.05) is 25.1 Å². The first kappa shape index (κ1) is 17.9. The maximum Gasteiger partial charge on any atom is 0.258 e. The molecule has 0 unspecified atom stereocenters. The predicted octanol–water partition coefficient (Wildman–Crippen LogP) is 3.44. The molecule has 2 rings (SSSR count). The fourth-order valence-corrected chi connectivity index (χ4v) is 2.40. The van der Waals surface area contributed by atoms with Gasteiger partial charge in [0.15, 0.2) is 6.61 Å². The summed E-state index contributed by atoms with van der Waals surface area (Å²) >= 11 is 0. The second kappa shape index (κ2) is 8.96. The van der Waals surface area contributed by atoms with Crippen LogP contribution in [0.4, 0.5) is 0 Å². The third-order valence-electron chi connectivity index (χ3n) is 3.59. The molecular weight excluding hydrogens is 302 g/mol. The standard InChI is InChI=1S/C20H25NO3/c1-4-17-5-7-18(8-6-17)24-14-20(22)21-9-10-23-19-12-15(2)11-16(3)13-19/h5-8,11-13H,4,9-10,14H2,1-3H3,(H,21,22). The second-order valence-corrected chi connectivity index (χ2v) is 5.81. The molecule has 0 spiro atoms. The molecule has 4 nitrogen and oxygen atoms in total. The topological polar surface area (TPSA) is 47.6 Å². The van der Waals surface area contributed by atoms with Gasteiger partial charge in [-0.05, 0) is 61.2 Å². The molecule has 4 heteroatoms. The lowest BCUT2D eigenvalue weighted by atomic mass is 10.1. The Hall–Kier alpha value is -2.49. The van der Waals surface area contributed by atoms with E-state index in [-0.39, 0.29) is 12.5 Å². The van der Waals surface area contributed by atoms with Crippen LogP contribution >= 0.6 is 0 Å². The van der Waals surface area contributed by atoms with Crippen molar-refractivity contribution in [3.05, 3.63) is 59.2 Å². The molecule has 0 bridgehead atoms. The Morgan fingerprint density at radius 2 is 1.62 bits per heavy atom. The molecule has 0 aliphatic heterocycles. The number of amides is 1. The summed E-state index contributed by atoms with van der Waals surface area (Å²) in [6.07, 6.45) is 0.987. The number of hydrogen-bond donors (Lipinski definition) is 1. The molecule has 0 heterocycles. The maximum atomic E-state index is 11.8. The molecule has 0 atom stereocenters. The van der Waals surface area contributed by atoms with Gasteiger partial charge in [0.05, 0.1) is 6.54 Å². The molecule has 0 saturated heterocycles. The molecule has 0 saturated carbocycles. The summed E-state index contributed by atoms with van der Waals surface area (Å²) in [6.45, 7) is 7.06. The summed E-state index contributed by atoms with van der Waals surface area (Å²) in [5.41, 5.74) is 3.57. The molecule has 128 valence electrons. The van der Waals surface area contributed by atoms with E-state index in [0.29, 0.717) is 18.9 Å². The average Bonchev–Trinajstić information content (AvgIpc) is 2.56. The minimum Gasteiger partial charge on any atom is -0.492 e. The summed E-state index contributed by atoms with van der Waals surface area (Å²) < 4.78 is 11.1. The molecule has 24 heavy (non-hydrogen) atoms. The van der Waals surface area contributed by atoms with Crippen molar-refractivity contribution in [1.29, 1.82) is 0 Å². The fraction of sp³-hybridized carbons (Fsp3) is 0.350. The first-order valence-corrected chi connectivity index (χ1v) is 8.26. The van der Waals surface area contributed by atoms with Crippen LogP contribution in [0.2, 0.25) is 0 Å². The van der Waals surface area contributed by atoms with Crippen LogP contribution in [0.1, 0.15) is 23.6 Å². The molecule has 2 aromatic carbocycles. The van der Waals surface area contributed by atoms with Crippen molar-refractivity contribution in [3.8, 4) is 11.5 Å². The molecule has 1 N–H and O–H groups in total. The highest BCUT2D eigenvalue weighted by molar-refractivity contribution is 5.77. The lowest BCUT2D eigenvalue weighted by molar-refractivity contribution is -0.123. The van der Waals surface area contributed by atoms with Crippen molar-refractivity contribution in [2.75, 3.05) is 19.8 Å². The van der Waals surface area contributed by atoms with Crippen LogP contribution < -0.4 is 14.8 Å². The van der Waals surface area contributed by atoms with E-state index in [4.69, 9.17) is 9.47 Å². The van der Waals surface area contributed by atoms with Gasteiger partial charge in [-0.25, -0.2) is 0 Å². The highest BCUT2D eigenvalue weighted by Crippen LogP contribution is 2.16. The van der Waals surface area contributed by atoms with Crippen LogP contribution in [-0.4, -0.2) is 25.7 Å². The number of carbonyl (C=O) groups excluding carboxylic acids is 1. The Bertz CT molecular complexity index is 645. The minimum absolute atomic E-state index is 0.00895. The van der Waals surface area contributed by atoms with Gasteiger partial charge >= 0.3 is 0 Å². The highest BCUT2D eigenvalue weighted by atomic mass is 16.5. The smallest absolute Gasteiger partial charge is 0.258 e. The van der Waals surface area contributed by atoms with Crippen LogP contribution in [0.3, 0.4) is 0 Å². The number of carbonyl (C=O) groups is 1. The third-order valence-corrected chi connectivity index (χ3v) is 3.59. The third kappa shape index (κ3) is 5.95. The lowest BCUT2D eigenvalue weighted by Gasteiger charge is -2.10. The fourth-order valence-electron chi connectivity index (χ4n) is 2.40. The summed E-state index contributed by atoms with van der Waals surface area (Å²) in [6, 6.07) is 13.8. The molecular formula is C20H25NO3. The Balaban J connectivity index is 1.65. The Kier molecular flexibility index (Phi) is 6.67. The monoisotopic (exact) mass is 327 g/mol. The van der Waals surface area contributed by atoms with E-state index < -0.39 is 0 Å². The van der Waals surface area contributed by atoms with Gasteiger partial charge in [-0.3, -0.25) is 4.79 Å². The summed E-state index contributed by atoms with van der Waals surface area (Å²) in [5, 5.41) is 2.79. The van der Waals surface area contributed by atoms with Crippen molar-refractivity contribution < 1.29 is 14.3 Å². The molecule has 2 aromatic rings. The Morgan fingerprint density at radius 3 is 2.25 bits per heavy atom. The molecule has 0 aliphatic carbocycles. The van der Waals surface area contributed by atoms with Gasteiger partial charge < -0.3 is 14.8 Å². The zero-order valence-corrected chi connectivity index (χ0v) is 14.6. The van der Waals surface area contributed by atoms with E-state index in [2.05, 4.69) is 18.3 Å². The van der Waals surface area contributed by atoms with Gasteiger partial charge in [-0.15, -0.1) is 0 Å². The van der Waals surface area contributed by atoms with Crippen molar-refractivity contribution >= 4 is 5.91 Å². The van der Waals surface area contributed by atoms with Crippen LogP contribution in [0.15, 0.2) is 42.5 Å². The van der Waals surface area contributed by atoms with E-state index in [1.54, 1.807) is 0 Å². The maximum absolute atomic E-state index is 11.8. The number of rotatable bonds is 8. The SMILES string of the molecule is CCc1ccc(OCC(=O)NCCOc2cc(C)cc(C)c2)cc1. The van der Waals surface area contributed by atoms with E-state index in [9.17, 15) is 4.79 Å². The minimum atomic E-state index is -0.154. The van der Waals surface area contributed by atoms with E-state index in [0.717, 1.165) is 23.3 Å². The van der Waals surface area contributed by atoms with Crippen LogP contribution in [-0.2, 0) is 11.2 Å². The van der Waals surface area contributed by atoms with Gasteiger partial charge in [0.25, 0.3) is 5.91 Å². The normalized spacial score (nSPS) is 10.3. The van der Waals surface area contributed by atoms with Gasteiger partial charge in [-0.2, -0.15) is 0 Å². The summed E-state index contributed by atoms with van der Waals surface area (Å²) in [5.74, 6) is 1.38. The van der Waals surface area contributed by atoms with Gasteiger partial charge in [0, 0.05) is 0 Å². The number of hydrogen-bond acceptors (Lipinski definition) is 3. The average molecular weight is 327 g/mol. The van der Waals surface area contributed by atoms with Crippen LogP contribution in [0.5, 0.6) is 11.5 Å². The van der Waals surface area contributed by atoms with Crippen molar-refractivity contribution in [1.82, 2.24) is 5.32 Å². The van der Waals surface area contributed by atoms with Crippen molar-refractivity contribution in [2.24, 2.45) is 0 Å². The number of aryl methyl sites for hydroxylation is 3. The molecule has 0 aromatic heterocycles. The van der Waals surface area contributed by atoms with Crippen molar-refractivity contribution in [3.63, 3.8) is 0 Å². The predicted molar refractivity (Wildman–Crippen MR) is 95.7 cm³/mol. The van der Waals surface area contributed by atoms with Gasteiger partial charge in [0.1, 0.15) is 18.1 Å². The Labute approximate surface area is 143 Å². The van der Waals surface area contributed by atoms with E-state index in [1.807, 2.05) is 50.2 Å². The van der Waals surface area contributed by atoms with Crippen LogP contribution in [0, 0.1) is 13.8 Å². The first-order chi connectivity index (χ1) is 11.6. The van der Waals surface area contributed by atoms with Crippen molar-refractivity contribution in [2.45, 2.75) is 27.2 Å². The quantitative estimate of drug-likeness (QED) is 0.756. The second-order valence-electron chi connectivity index (χ2n) is 5.81. The zero-order valence-electron chi connectivity index (χ0n) is 14.6. The summed E-state index contributed by atoms with van der Waals surface area (Å²) in [4.78, 5) is 11.8. The number of ether oxygens (including phenoxy) is 2. The van der Waals surface area contributed by atoms with E-state index >= 15 is 0 Å². The highest BCUT2D eigenvalue weighted by Gasteiger charge is 2.03. The molecule has 0 fully saturated rings.